The predicted octanol–water partition coefficient (Wildman–Crippen LogP) is 3.45. The highest BCUT2D eigenvalue weighted by Gasteiger charge is 2.10. The molecule has 0 fully saturated rings. The number of benzene rings is 1. The topological polar surface area (TPSA) is 29.5 Å². The first-order valence-corrected chi connectivity index (χ1v) is 7.12. The lowest BCUT2D eigenvalue weighted by Gasteiger charge is -2.18. The van der Waals surface area contributed by atoms with Gasteiger partial charge >= 0.3 is 0 Å². The summed E-state index contributed by atoms with van der Waals surface area (Å²) in [6.45, 7) is 9.91. The Morgan fingerprint density at radius 1 is 1.16 bits per heavy atom. The first-order valence-electron chi connectivity index (χ1n) is 7.12. The van der Waals surface area contributed by atoms with Gasteiger partial charge in [0.25, 0.3) is 5.91 Å². The maximum absolute atomic E-state index is 11.8. The van der Waals surface area contributed by atoms with E-state index in [2.05, 4.69) is 26.0 Å². The van der Waals surface area contributed by atoms with Crippen molar-refractivity contribution < 1.29 is 9.53 Å². The Hall–Kier alpha value is -1.51. The molecule has 0 aliphatic carbocycles. The smallest absolute Gasteiger partial charge is 0.260 e. The zero-order valence-electron chi connectivity index (χ0n) is 12.5. The largest absolute Gasteiger partial charge is 0.484 e. The van der Waals surface area contributed by atoms with E-state index in [9.17, 15) is 4.79 Å². The summed E-state index contributed by atoms with van der Waals surface area (Å²) < 4.78 is 5.53. The molecule has 1 unspecified atom stereocenters. The molecular formula is C16H25NO2. The van der Waals surface area contributed by atoms with Crippen LogP contribution >= 0.6 is 0 Å². The Balaban J connectivity index is 2.52. The van der Waals surface area contributed by atoms with Gasteiger partial charge in [0.15, 0.2) is 6.61 Å². The second-order valence-electron chi connectivity index (χ2n) is 4.73. The van der Waals surface area contributed by atoms with Crippen LogP contribution in [0.3, 0.4) is 0 Å². The summed E-state index contributed by atoms with van der Waals surface area (Å²) in [5.41, 5.74) is 1.31. The molecule has 0 aliphatic rings. The monoisotopic (exact) mass is 263 g/mol. The third-order valence-corrected chi connectivity index (χ3v) is 3.54. The van der Waals surface area contributed by atoms with E-state index >= 15 is 0 Å². The fourth-order valence-corrected chi connectivity index (χ4v) is 1.94. The van der Waals surface area contributed by atoms with Crippen LogP contribution in [0.15, 0.2) is 24.3 Å². The molecule has 0 aliphatic heterocycles. The van der Waals surface area contributed by atoms with E-state index in [1.165, 1.54) is 5.56 Å². The van der Waals surface area contributed by atoms with Crippen LogP contribution in [0.1, 0.15) is 45.6 Å². The summed E-state index contributed by atoms with van der Waals surface area (Å²) in [6, 6.07) is 8.03. The zero-order chi connectivity index (χ0) is 14.3. The van der Waals surface area contributed by atoms with Gasteiger partial charge in [0, 0.05) is 13.1 Å². The van der Waals surface area contributed by atoms with Crippen LogP contribution in [0.4, 0.5) is 0 Å². The van der Waals surface area contributed by atoms with E-state index < -0.39 is 0 Å². The van der Waals surface area contributed by atoms with E-state index in [1.807, 2.05) is 26.0 Å². The highest BCUT2D eigenvalue weighted by atomic mass is 16.5. The van der Waals surface area contributed by atoms with Gasteiger partial charge in [-0.15, -0.1) is 0 Å². The van der Waals surface area contributed by atoms with Crippen LogP contribution in [0.25, 0.3) is 0 Å². The van der Waals surface area contributed by atoms with Crippen molar-refractivity contribution in [3.63, 3.8) is 0 Å². The van der Waals surface area contributed by atoms with Crippen molar-refractivity contribution in [3.05, 3.63) is 29.8 Å². The van der Waals surface area contributed by atoms with Gasteiger partial charge in [-0.1, -0.05) is 26.0 Å². The SMILES string of the molecule is CCC(C)c1ccc(OCC(=O)N(CC)CC)cc1. The molecule has 1 aromatic rings. The van der Waals surface area contributed by atoms with Crippen molar-refractivity contribution in [2.75, 3.05) is 19.7 Å². The molecule has 0 saturated carbocycles. The third-order valence-electron chi connectivity index (χ3n) is 3.54. The molecule has 1 rings (SSSR count). The van der Waals surface area contributed by atoms with Crippen molar-refractivity contribution in [3.8, 4) is 5.75 Å². The number of hydrogen-bond donors (Lipinski definition) is 0. The minimum atomic E-state index is 0.0380. The van der Waals surface area contributed by atoms with Gasteiger partial charge < -0.3 is 9.64 Å². The highest BCUT2D eigenvalue weighted by Crippen LogP contribution is 2.21. The van der Waals surface area contributed by atoms with Crippen molar-refractivity contribution >= 4 is 5.91 Å². The van der Waals surface area contributed by atoms with Gasteiger partial charge in [-0.2, -0.15) is 0 Å². The zero-order valence-corrected chi connectivity index (χ0v) is 12.5. The van der Waals surface area contributed by atoms with E-state index in [1.54, 1.807) is 4.90 Å². The molecule has 0 N–H and O–H groups in total. The number of amides is 1. The number of likely N-dealkylation sites (N-methyl/N-ethyl adjacent to an activating group) is 1. The molecule has 0 aromatic heterocycles. The van der Waals surface area contributed by atoms with Gasteiger partial charge in [0.2, 0.25) is 0 Å². The first kappa shape index (κ1) is 15.5. The van der Waals surface area contributed by atoms with Gasteiger partial charge in [0.05, 0.1) is 0 Å². The second-order valence-corrected chi connectivity index (χ2v) is 4.73. The Labute approximate surface area is 116 Å². The van der Waals surface area contributed by atoms with Crippen LogP contribution in [-0.2, 0) is 4.79 Å². The molecule has 3 nitrogen and oxygen atoms in total. The molecule has 3 heteroatoms. The average molecular weight is 263 g/mol. The second kappa shape index (κ2) is 7.82. The Morgan fingerprint density at radius 2 is 1.74 bits per heavy atom. The van der Waals surface area contributed by atoms with Crippen LogP contribution in [0, 0.1) is 0 Å². The van der Waals surface area contributed by atoms with Crippen LogP contribution in [0.2, 0.25) is 0 Å². The molecule has 0 spiro atoms. The van der Waals surface area contributed by atoms with Crippen LogP contribution in [0.5, 0.6) is 5.75 Å². The van der Waals surface area contributed by atoms with Gasteiger partial charge in [0.1, 0.15) is 5.75 Å². The lowest BCUT2D eigenvalue weighted by atomic mass is 9.99. The summed E-state index contributed by atoms with van der Waals surface area (Å²) in [5.74, 6) is 1.36. The van der Waals surface area contributed by atoms with E-state index in [0.29, 0.717) is 5.92 Å². The molecule has 0 saturated heterocycles. The number of nitrogens with zero attached hydrogens (tertiary/aromatic N) is 1. The molecule has 0 radical (unpaired) electrons. The molecule has 1 atom stereocenters. The van der Waals surface area contributed by atoms with Crippen molar-refractivity contribution in [2.24, 2.45) is 0 Å². The van der Waals surface area contributed by atoms with Gasteiger partial charge in [-0.05, 0) is 43.9 Å². The minimum absolute atomic E-state index is 0.0380. The summed E-state index contributed by atoms with van der Waals surface area (Å²) in [6.07, 6.45) is 1.13. The van der Waals surface area contributed by atoms with E-state index in [0.717, 1.165) is 25.3 Å². The molecule has 1 aromatic carbocycles. The van der Waals surface area contributed by atoms with Crippen molar-refractivity contribution in [1.82, 2.24) is 4.90 Å². The van der Waals surface area contributed by atoms with Gasteiger partial charge in [-0.25, -0.2) is 0 Å². The molecule has 19 heavy (non-hydrogen) atoms. The summed E-state index contributed by atoms with van der Waals surface area (Å²) in [4.78, 5) is 13.6. The number of rotatable bonds is 7. The molecule has 106 valence electrons. The van der Waals surface area contributed by atoms with Crippen molar-refractivity contribution in [1.29, 1.82) is 0 Å². The lowest BCUT2D eigenvalue weighted by molar-refractivity contribution is -0.132. The fraction of sp³-hybridized carbons (Fsp3) is 0.562. The third kappa shape index (κ3) is 4.58. The first-order chi connectivity index (χ1) is 9.12. The molecule has 0 bridgehead atoms. The summed E-state index contributed by atoms with van der Waals surface area (Å²) in [7, 11) is 0. The highest BCUT2D eigenvalue weighted by molar-refractivity contribution is 5.77. The minimum Gasteiger partial charge on any atom is -0.484 e. The summed E-state index contributed by atoms with van der Waals surface area (Å²) >= 11 is 0. The summed E-state index contributed by atoms with van der Waals surface area (Å²) in [5, 5.41) is 0. The number of ether oxygens (including phenoxy) is 1. The Bertz CT molecular complexity index is 382. The number of hydrogen-bond acceptors (Lipinski definition) is 2. The molecule has 0 heterocycles. The molecular weight excluding hydrogens is 238 g/mol. The van der Waals surface area contributed by atoms with Crippen LogP contribution < -0.4 is 4.74 Å². The number of carbonyl (C=O) groups excluding carboxylic acids is 1. The van der Waals surface area contributed by atoms with Crippen molar-refractivity contribution in [2.45, 2.75) is 40.0 Å². The standard InChI is InChI=1S/C16H25NO2/c1-5-13(4)14-8-10-15(11-9-14)19-12-16(18)17(6-2)7-3/h8-11,13H,5-7,12H2,1-4H3. The lowest BCUT2D eigenvalue weighted by Crippen LogP contribution is -2.34. The maximum Gasteiger partial charge on any atom is 0.260 e. The Kier molecular flexibility index (Phi) is 6.40. The normalized spacial score (nSPS) is 12.0. The fourth-order valence-electron chi connectivity index (χ4n) is 1.94. The van der Waals surface area contributed by atoms with E-state index in [-0.39, 0.29) is 12.5 Å². The van der Waals surface area contributed by atoms with Gasteiger partial charge in [-0.3, -0.25) is 4.79 Å². The maximum atomic E-state index is 11.8. The predicted molar refractivity (Wildman–Crippen MR) is 78.6 cm³/mol. The Morgan fingerprint density at radius 3 is 2.21 bits per heavy atom. The molecule has 1 amide bonds. The quantitative estimate of drug-likeness (QED) is 0.754. The van der Waals surface area contributed by atoms with E-state index in [4.69, 9.17) is 4.74 Å². The average Bonchev–Trinajstić information content (AvgIpc) is 2.46. The van der Waals surface area contributed by atoms with Crippen LogP contribution in [-0.4, -0.2) is 30.5 Å². The number of carbonyl (C=O) groups is 1.